The normalized spacial score (nSPS) is 18.7. The molecule has 0 radical (unpaired) electrons. The van der Waals surface area contributed by atoms with Crippen LogP contribution >= 0.6 is 0 Å². The largest absolute Gasteiger partial charge is 0.341 e. The number of hydrogen-bond acceptors (Lipinski definition) is 5. The van der Waals surface area contributed by atoms with Gasteiger partial charge in [-0.2, -0.15) is 0 Å². The lowest BCUT2D eigenvalue weighted by Crippen LogP contribution is -2.49. The number of likely N-dealkylation sites (tertiary alicyclic amines) is 2. The lowest BCUT2D eigenvalue weighted by Gasteiger charge is -2.35. The van der Waals surface area contributed by atoms with Crippen LogP contribution in [0.2, 0.25) is 0 Å². The van der Waals surface area contributed by atoms with Crippen molar-refractivity contribution in [2.75, 3.05) is 25.0 Å². The minimum atomic E-state index is -0.356. The van der Waals surface area contributed by atoms with Gasteiger partial charge in [0.1, 0.15) is 17.7 Å². The molecule has 2 amide bonds. The molecule has 1 N–H and O–H groups in total. The van der Waals surface area contributed by atoms with Crippen molar-refractivity contribution in [2.24, 2.45) is 0 Å². The molecule has 29 heavy (non-hydrogen) atoms. The summed E-state index contributed by atoms with van der Waals surface area (Å²) in [6, 6.07) is 11.4. The van der Waals surface area contributed by atoms with Crippen molar-refractivity contribution in [3.05, 3.63) is 48.3 Å². The number of aromatic nitrogens is 2. The number of piperidine rings is 1. The first-order valence-electron chi connectivity index (χ1n) is 10.3. The topological polar surface area (TPSA) is 78.4 Å². The van der Waals surface area contributed by atoms with E-state index in [4.69, 9.17) is 4.98 Å². The van der Waals surface area contributed by atoms with E-state index in [-0.39, 0.29) is 17.9 Å². The molecule has 7 nitrogen and oxygen atoms in total. The van der Waals surface area contributed by atoms with Gasteiger partial charge in [0.05, 0.1) is 0 Å². The number of amides is 2. The molecule has 1 unspecified atom stereocenters. The molecule has 7 heteroatoms. The zero-order chi connectivity index (χ0) is 20.2. The summed E-state index contributed by atoms with van der Waals surface area (Å²) in [6.07, 6.45) is 4.93. The lowest BCUT2D eigenvalue weighted by atomic mass is 9.92. The monoisotopic (exact) mass is 393 g/mol. The van der Waals surface area contributed by atoms with Gasteiger partial charge in [0, 0.05) is 43.9 Å². The number of carbonyl (C=O) groups excluding carboxylic acids is 2. The highest BCUT2D eigenvalue weighted by atomic mass is 16.2. The first-order chi connectivity index (χ1) is 14.1. The lowest BCUT2D eigenvalue weighted by molar-refractivity contribution is -0.143. The summed E-state index contributed by atoms with van der Waals surface area (Å²) in [5.41, 5.74) is 1.04. The SMILES string of the molecule is CC(C(=O)N1CCC(c2cccc(Nc3ccccn3)n2)CC1)N1CCCC1=O. The Kier molecular flexibility index (Phi) is 5.74. The van der Waals surface area contributed by atoms with E-state index in [0.29, 0.717) is 32.0 Å². The fraction of sp³-hybridized carbons (Fsp3) is 0.455. The van der Waals surface area contributed by atoms with Gasteiger partial charge in [-0.25, -0.2) is 9.97 Å². The maximum absolute atomic E-state index is 12.8. The van der Waals surface area contributed by atoms with Gasteiger partial charge < -0.3 is 15.1 Å². The van der Waals surface area contributed by atoms with Crippen LogP contribution in [0.5, 0.6) is 0 Å². The van der Waals surface area contributed by atoms with Crippen LogP contribution in [0.1, 0.15) is 44.2 Å². The van der Waals surface area contributed by atoms with Crippen LogP contribution in [-0.2, 0) is 9.59 Å². The molecule has 2 saturated heterocycles. The van der Waals surface area contributed by atoms with E-state index in [9.17, 15) is 9.59 Å². The number of pyridine rings is 2. The van der Waals surface area contributed by atoms with Gasteiger partial charge in [0.15, 0.2) is 0 Å². The third-order valence-corrected chi connectivity index (χ3v) is 5.85. The molecule has 0 aromatic carbocycles. The summed E-state index contributed by atoms with van der Waals surface area (Å²) >= 11 is 0. The molecule has 2 aliphatic heterocycles. The fourth-order valence-electron chi connectivity index (χ4n) is 4.19. The Morgan fingerprint density at radius 1 is 1.10 bits per heavy atom. The van der Waals surface area contributed by atoms with Gasteiger partial charge in [0.2, 0.25) is 11.8 Å². The number of hydrogen-bond donors (Lipinski definition) is 1. The van der Waals surface area contributed by atoms with E-state index in [0.717, 1.165) is 36.6 Å². The molecular weight excluding hydrogens is 366 g/mol. The summed E-state index contributed by atoms with van der Waals surface area (Å²) in [6.45, 7) is 3.96. The van der Waals surface area contributed by atoms with Crippen molar-refractivity contribution in [3.63, 3.8) is 0 Å². The molecule has 0 bridgehead atoms. The Morgan fingerprint density at radius 2 is 1.90 bits per heavy atom. The van der Waals surface area contributed by atoms with Gasteiger partial charge in [-0.05, 0) is 50.5 Å². The zero-order valence-corrected chi connectivity index (χ0v) is 16.8. The van der Waals surface area contributed by atoms with Crippen molar-refractivity contribution in [2.45, 2.75) is 44.6 Å². The second-order valence-corrected chi connectivity index (χ2v) is 7.75. The maximum Gasteiger partial charge on any atom is 0.245 e. The Balaban J connectivity index is 1.35. The van der Waals surface area contributed by atoms with Crippen molar-refractivity contribution < 1.29 is 9.59 Å². The molecule has 4 rings (SSSR count). The number of anilines is 2. The quantitative estimate of drug-likeness (QED) is 0.845. The maximum atomic E-state index is 12.8. The molecule has 0 spiro atoms. The number of carbonyl (C=O) groups is 2. The van der Waals surface area contributed by atoms with Gasteiger partial charge >= 0.3 is 0 Å². The van der Waals surface area contributed by atoms with Crippen LogP contribution in [0.3, 0.4) is 0 Å². The van der Waals surface area contributed by atoms with Crippen LogP contribution in [0.25, 0.3) is 0 Å². The van der Waals surface area contributed by atoms with Crippen molar-refractivity contribution in [3.8, 4) is 0 Å². The van der Waals surface area contributed by atoms with E-state index in [1.54, 1.807) is 11.1 Å². The van der Waals surface area contributed by atoms with Crippen molar-refractivity contribution in [1.29, 1.82) is 0 Å². The molecule has 0 aliphatic carbocycles. The number of rotatable bonds is 5. The second kappa shape index (κ2) is 8.59. The van der Waals surface area contributed by atoms with Crippen LogP contribution < -0.4 is 5.32 Å². The number of nitrogens with zero attached hydrogens (tertiary/aromatic N) is 4. The number of nitrogens with one attached hydrogen (secondary N) is 1. The average Bonchev–Trinajstić information content (AvgIpc) is 3.19. The average molecular weight is 393 g/mol. The van der Waals surface area contributed by atoms with Gasteiger partial charge in [-0.15, -0.1) is 0 Å². The van der Waals surface area contributed by atoms with E-state index < -0.39 is 0 Å². The second-order valence-electron chi connectivity index (χ2n) is 7.75. The van der Waals surface area contributed by atoms with Crippen LogP contribution in [0.4, 0.5) is 11.6 Å². The predicted octanol–water partition coefficient (Wildman–Crippen LogP) is 2.94. The van der Waals surface area contributed by atoms with E-state index in [2.05, 4.69) is 16.4 Å². The molecule has 2 aromatic rings. The third-order valence-electron chi connectivity index (χ3n) is 5.85. The molecular formula is C22H27N5O2. The summed E-state index contributed by atoms with van der Waals surface area (Å²) in [5.74, 6) is 2.04. The van der Waals surface area contributed by atoms with Gasteiger partial charge in [-0.3, -0.25) is 9.59 Å². The molecule has 2 aromatic heterocycles. The summed E-state index contributed by atoms with van der Waals surface area (Å²) in [5, 5.41) is 3.24. The van der Waals surface area contributed by atoms with Crippen molar-refractivity contribution >= 4 is 23.5 Å². The summed E-state index contributed by atoms with van der Waals surface area (Å²) in [4.78, 5) is 37.4. The van der Waals surface area contributed by atoms with Crippen LogP contribution in [0, 0.1) is 0 Å². The van der Waals surface area contributed by atoms with Crippen LogP contribution in [0.15, 0.2) is 42.6 Å². The standard InChI is InChI=1S/C22H27N5O2/c1-16(27-13-5-9-21(27)28)22(29)26-14-10-17(11-15-26)18-6-4-8-20(24-18)25-19-7-2-3-12-23-19/h2-4,6-8,12,16-17H,5,9-11,13-15H2,1H3,(H,23,24,25). The minimum absolute atomic E-state index is 0.0669. The van der Waals surface area contributed by atoms with Gasteiger partial charge in [-0.1, -0.05) is 12.1 Å². The zero-order valence-electron chi connectivity index (χ0n) is 16.8. The Labute approximate surface area is 171 Å². The highest BCUT2D eigenvalue weighted by molar-refractivity contribution is 5.88. The third kappa shape index (κ3) is 4.39. The van der Waals surface area contributed by atoms with E-state index in [1.165, 1.54) is 0 Å². The summed E-state index contributed by atoms with van der Waals surface area (Å²) in [7, 11) is 0. The first kappa shape index (κ1) is 19.4. The van der Waals surface area contributed by atoms with Crippen molar-refractivity contribution in [1.82, 2.24) is 19.8 Å². The van der Waals surface area contributed by atoms with Crippen LogP contribution in [-0.4, -0.2) is 57.3 Å². The molecule has 4 heterocycles. The molecule has 152 valence electrons. The molecule has 2 aliphatic rings. The fourth-order valence-corrected chi connectivity index (χ4v) is 4.19. The van der Waals surface area contributed by atoms with Gasteiger partial charge in [0.25, 0.3) is 0 Å². The Hall–Kier alpha value is -2.96. The summed E-state index contributed by atoms with van der Waals surface area (Å²) < 4.78 is 0. The molecule has 1 atom stereocenters. The highest BCUT2D eigenvalue weighted by Crippen LogP contribution is 2.28. The first-order valence-corrected chi connectivity index (χ1v) is 10.3. The van der Waals surface area contributed by atoms with E-state index in [1.807, 2.05) is 42.2 Å². The highest BCUT2D eigenvalue weighted by Gasteiger charge is 2.33. The molecule has 2 fully saturated rings. The smallest absolute Gasteiger partial charge is 0.245 e. The molecule has 0 saturated carbocycles. The predicted molar refractivity (Wildman–Crippen MR) is 111 cm³/mol. The Bertz CT molecular complexity index is 865. The minimum Gasteiger partial charge on any atom is -0.341 e. The Morgan fingerprint density at radius 3 is 2.59 bits per heavy atom. The van der Waals surface area contributed by atoms with E-state index >= 15 is 0 Å².